The zero-order valence-electron chi connectivity index (χ0n) is 9.73. The molecular formula is C12H9Cl3O2S2. The molecule has 1 aromatic carbocycles. The second kappa shape index (κ2) is 5.62. The lowest BCUT2D eigenvalue weighted by atomic mass is 10.1. The molecule has 0 aliphatic heterocycles. The Kier molecular flexibility index (Phi) is 4.48. The summed E-state index contributed by atoms with van der Waals surface area (Å²) in [5.74, 6) is 0. The van der Waals surface area contributed by atoms with Gasteiger partial charge in [-0.3, -0.25) is 0 Å². The lowest BCUT2D eigenvalue weighted by Crippen LogP contribution is -1.99. The molecule has 19 heavy (non-hydrogen) atoms. The zero-order valence-corrected chi connectivity index (χ0v) is 13.6. The van der Waals surface area contributed by atoms with Crippen molar-refractivity contribution in [1.82, 2.24) is 0 Å². The molecule has 7 heteroatoms. The third-order valence-electron chi connectivity index (χ3n) is 2.54. The van der Waals surface area contributed by atoms with Gasteiger partial charge in [-0.05, 0) is 23.8 Å². The van der Waals surface area contributed by atoms with Gasteiger partial charge in [0.05, 0.1) is 18.9 Å². The van der Waals surface area contributed by atoms with Crippen molar-refractivity contribution in [3.63, 3.8) is 0 Å². The van der Waals surface area contributed by atoms with Gasteiger partial charge in [-0.2, -0.15) is 0 Å². The SMILES string of the molecule is CS(=O)(=O)c1cccc(C(Cl)c2cc(Cl)sc2Cl)c1. The highest BCUT2D eigenvalue weighted by atomic mass is 35.5. The molecule has 102 valence electrons. The molecule has 0 spiro atoms. The van der Waals surface area contributed by atoms with E-state index in [0.29, 0.717) is 19.8 Å². The Morgan fingerprint density at radius 2 is 1.89 bits per heavy atom. The van der Waals surface area contributed by atoms with E-state index in [1.807, 2.05) is 0 Å². The molecule has 2 nitrogen and oxygen atoms in total. The fraction of sp³-hybridized carbons (Fsp3) is 0.167. The summed E-state index contributed by atoms with van der Waals surface area (Å²) in [6.07, 6.45) is 1.16. The van der Waals surface area contributed by atoms with Crippen LogP contribution in [0.4, 0.5) is 0 Å². The Balaban J connectivity index is 2.45. The van der Waals surface area contributed by atoms with Gasteiger partial charge in [-0.15, -0.1) is 22.9 Å². The monoisotopic (exact) mass is 354 g/mol. The third kappa shape index (κ3) is 3.44. The van der Waals surface area contributed by atoms with E-state index in [-0.39, 0.29) is 4.90 Å². The van der Waals surface area contributed by atoms with Gasteiger partial charge in [0, 0.05) is 11.8 Å². The summed E-state index contributed by atoms with van der Waals surface area (Å²) in [5.41, 5.74) is 1.35. The van der Waals surface area contributed by atoms with Crippen molar-refractivity contribution < 1.29 is 8.42 Å². The first kappa shape index (κ1) is 15.1. The van der Waals surface area contributed by atoms with Crippen LogP contribution < -0.4 is 0 Å². The Morgan fingerprint density at radius 1 is 1.21 bits per heavy atom. The normalized spacial score (nSPS) is 13.5. The minimum atomic E-state index is -3.26. The molecule has 2 aromatic rings. The standard InChI is InChI=1S/C12H9Cl3O2S2/c1-19(16,17)8-4-2-3-7(5-8)11(14)9-6-10(13)18-12(9)15/h2-6,11H,1H3. The number of hydrogen-bond donors (Lipinski definition) is 0. The number of hydrogen-bond acceptors (Lipinski definition) is 3. The number of thiophene rings is 1. The summed E-state index contributed by atoms with van der Waals surface area (Å²) in [7, 11) is -3.26. The first-order valence-electron chi connectivity index (χ1n) is 5.18. The van der Waals surface area contributed by atoms with Crippen molar-refractivity contribution in [2.75, 3.05) is 6.26 Å². The number of rotatable bonds is 3. The summed E-state index contributed by atoms with van der Waals surface area (Å²) in [6, 6.07) is 8.19. The lowest BCUT2D eigenvalue weighted by molar-refractivity contribution is 0.601. The molecule has 0 N–H and O–H groups in total. The van der Waals surface area contributed by atoms with Crippen LogP contribution in [0.25, 0.3) is 0 Å². The Labute approximate surface area is 130 Å². The predicted octanol–water partition coefficient (Wildman–Crippen LogP) is 4.79. The molecule has 1 aromatic heterocycles. The summed E-state index contributed by atoms with van der Waals surface area (Å²) < 4.78 is 24.1. The van der Waals surface area contributed by atoms with Crippen LogP contribution in [0.5, 0.6) is 0 Å². The van der Waals surface area contributed by atoms with Crippen molar-refractivity contribution in [2.45, 2.75) is 10.3 Å². The third-order valence-corrected chi connectivity index (χ3v) is 5.65. The van der Waals surface area contributed by atoms with Gasteiger partial charge in [-0.25, -0.2) is 8.42 Å². The molecule has 0 aliphatic carbocycles. The lowest BCUT2D eigenvalue weighted by Gasteiger charge is -2.10. The highest BCUT2D eigenvalue weighted by molar-refractivity contribution is 7.90. The summed E-state index contributed by atoms with van der Waals surface area (Å²) in [5, 5.41) is -0.530. The van der Waals surface area contributed by atoms with Gasteiger partial charge in [0.2, 0.25) is 0 Å². The molecule has 0 amide bonds. The average molecular weight is 356 g/mol. The number of alkyl halides is 1. The molecule has 1 heterocycles. The molecule has 1 unspecified atom stereocenters. The van der Waals surface area contributed by atoms with E-state index in [4.69, 9.17) is 34.8 Å². The highest BCUT2D eigenvalue weighted by Gasteiger charge is 2.18. The topological polar surface area (TPSA) is 34.1 Å². The molecule has 0 aliphatic rings. The van der Waals surface area contributed by atoms with Gasteiger partial charge < -0.3 is 0 Å². The van der Waals surface area contributed by atoms with Crippen molar-refractivity contribution >= 4 is 56.0 Å². The fourth-order valence-corrected chi connectivity index (χ4v) is 4.24. The zero-order chi connectivity index (χ0) is 14.2. The van der Waals surface area contributed by atoms with Crippen LogP contribution in [0, 0.1) is 0 Å². The average Bonchev–Trinajstić information content (AvgIpc) is 2.66. The first-order valence-corrected chi connectivity index (χ1v) is 9.08. The summed E-state index contributed by atoms with van der Waals surface area (Å²) >= 11 is 19.5. The summed E-state index contributed by atoms with van der Waals surface area (Å²) in [4.78, 5) is 0.230. The minimum absolute atomic E-state index is 0.230. The first-order chi connectivity index (χ1) is 8.79. The van der Waals surface area contributed by atoms with Crippen LogP contribution in [0.3, 0.4) is 0 Å². The van der Waals surface area contributed by atoms with Crippen LogP contribution in [0.15, 0.2) is 35.2 Å². The van der Waals surface area contributed by atoms with E-state index < -0.39 is 15.2 Å². The van der Waals surface area contributed by atoms with Crippen molar-refractivity contribution in [3.05, 3.63) is 50.1 Å². The van der Waals surface area contributed by atoms with Crippen LogP contribution in [-0.4, -0.2) is 14.7 Å². The van der Waals surface area contributed by atoms with Gasteiger partial charge >= 0.3 is 0 Å². The molecule has 0 saturated heterocycles. The van der Waals surface area contributed by atoms with Crippen molar-refractivity contribution in [1.29, 1.82) is 0 Å². The quantitative estimate of drug-likeness (QED) is 0.742. The molecular weight excluding hydrogens is 347 g/mol. The minimum Gasteiger partial charge on any atom is -0.224 e. The Bertz CT molecular complexity index is 708. The van der Waals surface area contributed by atoms with Crippen LogP contribution in [-0.2, 0) is 9.84 Å². The Hall–Kier alpha value is -0.260. The Morgan fingerprint density at radius 3 is 2.42 bits per heavy atom. The van der Waals surface area contributed by atoms with E-state index in [1.165, 1.54) is 17.4 Å². The molecule has 0 radical (unpaired) electrons. The molecule has 0 fully saturated rings. The van der Waals surface area contributed by atoms with E-state index in [2.05, 4.69) is 0 Å². The van der Waals surface area contributed by atoms with E-state index in [9.17, 15) is 8.42 Å². The smallest absolute Gasteiger partial charge is 0.175 e. The largest absolute Gasteiger partial charge is 0.224 e. The number of halogens is 3. The van der Waals surface area contributed by atoms with E-state index in [1.54, 1.807) is 24.3 Å². The maximum Gasteiger partial charge on any atom is 0.175 e. The van der Waals surface area contributed by atoms with E-state index >= 15 is 0 Å². The molecule has 0 bridgehead atoms. The van der Waals surface area contributed by atoms with Crippen LogP contribution in [0.1, 0.15) is 16.5 Å². The van der Waals surface area contributed by atoms with Gasteiger partial charge in [0.1, 0.15) is 0 Å². The summed E-state index contributed by atoms with van der Waals surface area (Å²) in [6.45, 7) is 0. The second-order valence-corrected chi connectivity index (χ2v) is 8.72. The van der Waals surface area contributed by atoms with Crippen molar-refractivity contribution in [3.8, 4) is 0 Å². The molecule has 1 atom stereocenters. The number of benzene rings is 1. The van der Waals surface area contributed by atoms with Gasteiger partial charge in [-0.1, -0.05) is 35.3 Å². The van der Waals surface area contributed by atoms with Gasteiger partial charge in [0.15, 0.2) is 9.84 Å². The van der Waals surface area contributed by atoms with E-state index in [0.717, 1.165) is 6.26 Å². The maximum absolute atomic E-state index is 11.5. The second-order valence-electron chi connectivity index (χ2n) is 3.99. The van der Waals surface area contributed by atoms with Crippen molar-refractivity contribution in [2.24, 2.45) is 0 Å². The van der Waals surface area contributed by atoms with Crippen LogP contribution >= 0.6 is 46.1 Å². The fourth-order valence-electron chi connectivity index (χ4n) is 1.61. The van der Waals surface area contributed by atoms with Gasteiger partial charge in [0.25, 0.3) is 0 Å². The molecule has 2 rings (SSSR count). The predicted molar refractivity (Wildman–Crippen MR) is 81.6 cm³/mol. The highest BCUT2D eigenvalue weighted by Crippen LogP contribution is 2.40. The van der Waals surface area contributed by atoms with Crippen LogP contribution in [0.2, 0.25) is 8.67 Å². The molecule has 0 saturated carbocycles. The maximum atomic E-state index is 11.5. The number of sulfone groups is 1.